The van der Waals surface area contributed by atoms with Crippen LogP contribution in [-0.4, -0.2) is 41.0 Å². The number of aryl methyl sites for hydroxylation is 1. The summed E-state index contributed by atoms with van der Waals surface area (Å²) in [5, 5.41) is 4.98. The van der Waals surface area contributed by atoms with Crippen LogP contribution in [0.2, 0.25) is 0 Å². The number of para-hydroxylation sites is 1. The lowest BCUT2D eigenvalue weighted by molar-refractivity contribution is -0.127. The molecule has 0 unspecified atom stereocenters. The molecule has 0 saturated carbocycles. The van der Waals surface area contributed by atoms with Crippen LogP contribution in [0.4, 0.5) is 16.2 Å². The molecule has 3 aromatic rings. The van der Waals surface area contributed by atoms with E-state index in [4.69, 9.17) is 4.74 Å². The molecule has 0 bridgehead atoms. The minimum absolute atomic E-state index is 0.156. The molecule has 1 heterocycles. The summed E-state index contributed by atoms with van der Waals surface area (Å²) in [4.78, 5) is 50.8. The Balaban J connectivity index is 1.31. The van der Waals surface area contributed by atoms with Gasteiger partial charge in [-0.15, -0.1) is 0 Å². The number of anilines is 2. The Hall–Kier alpha value is -3.64. The monoisotopic (exact) mass is 627 g/mol. The van der Waals surface area contributed by atoms with Crippen LogP contribution >= 0.6 is 34.4 Å². The van der Waals surface area contributed by atoms with Gasteiger partial charge in [0.2, 0.25) is 5.91 Å². The molecule has 1 aliphatic heterocycles. The summed E-state index contributed by atoms with van der Waals surface area (Å²) in [5.74, 6) is -0.783. The summed E-state index contributed by atoms with van der Waals surface area (Å²) in [7, 11) is 0. The second kappa shape index (κ2) is 12.1. The molecule has 0 spiro atoms. The number of nitrogens with one attached hydrogen (secondary N) is 2. The van der Waals surface area contributed by atoms with Crippen LogP contribution < -0.4 is 15.4 Å². The molecule has 0 radical (unpaired) electrons. The third-order valence-corrected chi connectivity index (χ3v) is 6.90. The van der Waals surface area contributed by atoms with Crippen LogP contribution in [0.15, 0.2) is 77.7 Å². The molecule has 1 fully saturated rings. The number of carbonyl (C=O) groups excluding carboxylic acids is 4. The molecule has 0 aliphatic carbocycles. The van der Waals surface area contributed by atoms with E-state index < -0.39 is 17.1 Å². The van der Waals surface area contributed by atoms with Gasteiger partial charge in [-0.1, -0.05) is 30.3 Å². The maximum atomic E-state index is 12.7. The fraction of sp³-hybridized carbons (Fsp3) is 0.111. The van der Waals surface area contributed by atoms with Gasteiger partial charge in [-0.05, 0) is 101 Å². The van der Waals surface area contributed by atoms with Gasteiger partial charge in [0.05, 0.1) is 4.91 Å². The SMILES string of the molecule is Cc1ccccc1NC(=O)COc1ccc(/C=C2\SC(=O)N(CC(=O)Nc3ccc(I)cc3)C2=O)cc1. The Morgan fingerprint density at radius 3 is 2.35 bits per heavy atom. The second-order valence-electron chi connectivity index (χ2n) is 8.04. The van der Waals surface area contributed by atoms with Crippen molar-refractivity contribution in [3.63, 3.8) is 0 Å². The Kier molecular flexibility index (Phi) is 8.62. The van der Waals surface area contributed by atoms with Crippen molar-refractivity contribution >= 4 is 74.8 Å². The van der Waals surface area contributed by atoms with Gasteiger partial charge < -0.3 is 15.4 Å². The molecule has 0 atom stereocenters. The van der Waals surface area contributed by atoms with Crippen molar-refractivity contribution in [1.29, 1.82) is 0 Å². The maximum Gasteiger partial charge on any atom is 0.294 e. The number of ether oxygens (including phenoxy) is 1. The number of imide groups is 1. The Morgan fingerprint density at radius 2 is 1.65 bits per heavy atom. The van der Waals surface area contributed by atoms with Gasteiger partial charge in [0.25, 0.3) is 17.1 Å². The molecule has 0 aromatic heterocycles. The maximum absolute atomic E-state index is 12.7. The number of rotatable bonds is 8. The van der Waals surface area contributed by atoms with E-state index in [2.05, 4.69) is 33.2 Å². The van der Waals surface area contributed by atoms with Gasteiger partial charge in [0.15, 0.2) is 6.61 Å². The fourth-order valence-corrected chi connectivity index (χ4v) is 4.57. The highest BCUT2D eigenvalue weighted by atomic mass is 127. The van der Waals surface area contributed by atoms with E-state index in [0.717, 1.165) is 31.5 Å². The van der Waals surface area contributed by atoms with E-state index in [-0.39, 0.29) is 24.0 Å². The standard InChI is InChI=1S/C27H22IN3O5S/c1-17-4-2-3-5-22(17)30-25(33)16-36-21-12-6-18(7-13-21)14-23-26(34)31(27(35)37-23)15-24(32)29-20-10-8-19(28)9-11-20/h2-14H,15-16H2,1H3,(H,29,32)(H,30,33)/b23-14-. The predicted octanol–water partition coefficient (Wildman–Crippen LogP) is 5.29. The Labute approximate surface area is 231 Å². The summed E-state index contributed by atoms with van der Waals surface area (Å²) in [6.45, 7) is 1.38. The van der Waals surface area contributed by atoms with Crippen LogP contribution in [0.25, 0.3) is 6.08 Å². The molecule has 188 valence electrons. The van der Waals surface area contributed by atoms with Crippen molar-refractivity contribution in [2.45, 2.75) is 6.92 Å². The number of amides is 4. The zero-order valence-corrected chi connectivity index (χ0v) is 22.7. The highest BCUT2D eigenvalue weighted by Gasteiger charge is 2.36. The number of halogens is 1. The molecule has 4 amide bonds. The van der Waals surface area contributed by atoms with Crippen molar-refractivity contribution in [2.75, 3.05) is 23.8 Å². The first-order valence-electron chi connectivity index (χ1n) is 11.2. The van der Waals surface area contributed by atoms with Crippen LogP contribution in [0, 0.1) is 10.5 Å². The first-order valence-corrected chi connectivity index (χ1v) is 13.1. The molecular weight excluding hydrogens is 605 g/mol. The molecule has 2 N–H and O–H groups in total. The van der Waals surface area contributed by atoms with Crippen molar-refractivity contribution < 1.29 is 23.9 Å². The van der Waals surface area contributed by atoms with E-state index in [9.17, 15) is 19.2 Å². The van der Waals surface area contributed by atoms with E-state index in [1.807, 2.05) is 43.3 Å². The van der Waals surface area contributed by atoms with E-state index in [1.54, 1.807) is 42.5 Å². The number of hydrogen-bond donors (Lipinski definition) is 2. The number of carbonyl (C=O) groups is 4. The van der Waals surface area contributed by atoms with Crippen molar-refractivity contribution in [3.8, 4) is 5.75 Å². The molecule has 1 aliphatic rings. The first kappa shape index (κ1) is 26.4. The topological polar surface area (TPSA) is 105 Å². The average molecular weight is 627 g/mol. The highest BCUT2D eigenvalue weighted by molar-refractivity contribution is 14.1. The zero-order valence-electron chi connectivity index (χ0n) is 19.7. The van der Waals surface area contributed by atoms with Gasteiger partial charge >= 0.3 is 0 Å². The third kappa shape index (κ3) is 7.20. The lowest BCUT2D eigenvalue weighted by Crippen LogP contribution is -2.36. The van der Waals surface area contributed by atoms with Crippen LogP contribution in [0.3, 0.4) is 0 Å². The molecule has 8 nitrogen and oxygen atoms in total. The van der Waals surface area contributed by atoms with E-state index >= 15 is 0 Å². The molecule has 1 saturated heterocycles. The van der Waals surface area contributed by atoms with Crippen LogP contribution in [0.5, 0.6) is 5.75 Å². The number of benzene rings is 3. The van der Waals surface area contributed by atoms with Gasteiger partial charge in [0.1, 0.15) is 12.3 Å². The average Bonchev–Trinajstić information content (AvgIpc) is 3.13. The van der Waals surface area contributed by atoms with Crippen molar-refractivity contribution in [2.24, 2.45) is 0 Å². The summed E-state index contributed by atoms with van der Waals surface area (Å²) in [5.41, 5.74) is 2.94. The van der Waals surface area contributed by atoms with Crippen LogP contribution in [0.1, 0.15) is 11.1 Å². The summed E-state index contributed by atoms with van der Waals surface area (Å²) in [6, 6.07) is 21.4. The van der Waals surface area contributed by atoms with E-state index in [1.165, 1.54) is 0 Å². The minimum Gasteiger partial charge on any atom is -0.484 e. The number of hydrogen-bond acceptors (Lipinski definition) is 6. The van der Waals surface area contributed by atoms with Crippen molar-refractivity contribution in [3.05, 3.63) is 92.4 Å². The Bertz CT molecular complexity index is 1370. The van der Waals surface area contributed by atoms with Gasteiger partial charge in [-0.2, -0.15) is 0 Å². The second-order valence-corrected chi connectivity index (χ2v) is 10.3. The summed E-state index contributed by atoms with van der Waals surface area (Å²) >= 11 is 2.94. The molecule has 37 heavy (non-hydrogen) atoms. The molecular formula is C27H22IN3O5S. The van der Waals surface area contributed by atoms with Gasteiger partial charge in [0, 0.05) is 14.9 Å². The summed E-state index contributed by atoms with van der Waals surface area (Å²) < 4.78 is 6.57. The first-order chi connectivity index (χ1) is 17.8. The molecule has 4 rings (SSSR count). The quantitative estimate of drug-likeness (QED) is 0.260. The zero-order chi connectivity index (χ0) is 26.4. The van der Waals surface area contributed by atoms with Gasteiger partial charge in [-0.25, -0.2) is 0 Å². The predicted molar refractivity (Wildman–Crippen MR) is 152 cm³/mol. The number of thioether (sulfide) groups is 1. The van der Waals surface area contributed by atoms with Gasteiger partial charge in [-0.3, -0.25) is 24.1 Å². The molecule has 3 aromatic carbocycles. The smallest absolute Gasteiger partial charge is 0.294 e. The van der Waals surface area contributed by atoms with Crippen LogP contribution in [-0.2, 0) is 14.4 Å². The highest BCUT2D eigenvalue weighted by Crippen LogP contribution is 2.32. The lowest BCUT2D eigenvalue weighted by atomic mass is 10.2. The lowest BCUT2D eigenvalue weighted by Gasteiger charge is -2.12. The molecule has 10 heteroatoms. The Morgan fingerprint density at radius 1 is 0.946 bits per heavy atom. The largest absolute Gasteiger partial charge is 0.484 e. The third-order valence-electron chi connectivity index (χ3n) is 5.27. The fourth-order valence-electron chi connectivity index (χ4n) is 3.37. The number of nitrogens with zero attached hydrogens (tertiary/aromatic N) is 1. The van der Waals surface area contributed by atoms with Crippen molar-refractivity contribution in [1.82, 2.24) is 4.90 Å². The normalized spacial score (nSPS) is 14.1. The van der Waals surface area contributed by atoms with E-state index in [0.29, 0.717) is 17.0 Å². The summed E-state index contributed by atoms with van der Waals surface area (Å²) in [6.07, 6.45) is 1.58. The minimum atomic E-state index is -0.527.